The number of carbonyl (C=O) groups excluding carboxylic acids is 1. The number of carboxylic acids is 1. The van der Waals surface area contributed by atoms with Crippen molar-refractivity contribution in [2.75, 3.05) is 10.6 Å². The SMILES string of the molecule is N#Cc1ccc(Nc2cc(NC3CC3)n3ncc(C=O)c3n2)cc1.O=C(O)C(F)(F)F. The van der Waals surface area contributed by atoms with Crippen LogP contribution in [0.15, 0.2) is 36.5 Å². The molecule has 1 fully saturated rings. The van der Waals surface area contributed by atoms with Gasteiger partial charge in [-0.3, -0.25) is 4.79 Å². The van der Waals surface area contributed by atoms with Crippen LogP contribution >= 0.6 is 0 Å². The summed E-state index contributed by atoms with van der Waals surface area (Å²) in [6.45, 7) is 0. The van der Waals surface area contributed by atoms with E-state index in [1.165, 1.54) is 6.20 Å². The van der Waals surface area contributed by atoms with Crippen molar-refractivity contribution in [3.8, 4) is 6.07 Å². The topological polar surface area (TPSA) is 132 Å². The lowest BCUT2D eigenvalue weighted by molar-refractivity contribution is -0.192. The molecule has 0 unspecified atom stereocenters. The summed E-state index contributed by atoms with van der Waals surface area (Å²) in [4.78, 5) is 24.6. The maximum absolute atomic E-state index is 11.2. The molecule has 4 rings (SSSR count). The molecule has 0 radical (unpaired) electrons. The van der Waals surface area contributed by atoms with Gasteiger partial charge in [-0.2, -0.15) is 28.0 Å². The van der Waals surface area contributed by atoms with Crippen LogP contribution in [0.2, 0.25) is 0 Å². The van der Waals surface area contributed by atoms with Crippen molar-refractivity contribution in [1.82, 2.24) is 14.6 Å². The summed E-state index contributed by atoms with van der Waals surface area (Å²) in [6.07, 6.45) is -0.561. The van der Waals surface area contributed by atoms with E-state index in [0.717, 1.165) is 30.6 Å². The van der Waals surface area contributed by atoms with Crippen LogP contribution < -0.4 is 10.6 Å². The number of aliphatic carboxylic acids is 1. The molecule has 1 aliphatic carbocycles. The first-order valence-corrected chi connectivity index (χ1v) is 8.89. The summed E-state index contributed by atoms with van der Waals surface area (Å²) in [5.74, 6) is -1.35. The molecular formula is C19H15F3N6O3. The molecule has 0 spiro atoms. The minimum Gasteiger partial charge on any atom is -0.475 e. The standard InChI is InChI=1S/C17H14N6O.C2HF3O2/c18-8-11-1-3-13(4-2-11)20-15-7-16(21-14-5-6-14)23-17(22-15)12(10-24)9-19-23;3-2(4,5)1(6)7/h1-4,7,9-10,14,21H,5-6H2,(H,20,22);(H,6,7). The van der Waals surface area contributed by atoms with E-state index in [0.29, 0.717) is 28.6 Å². The Kier molecular flexibility index (Phi) is 6.05. The number of anilines is 3. The smallest absolute Gasteiger partial charge is 0.475 e. The Bertz CT molecular complexity index is 1150. The molecule has 0 bridgehead atoms. The van der Waals surface area contributed by atoms with Crippen molar-refractivity contribution in [3.05, 3.63) is 47.7 Å². The number of alkyl halides is 3. The van der Waals surface area contributed by atoms with E-state index in [1.807, 2.05) is 18.2 Å². The molecule has 12 heteroatoms. The lowest BCUT2D eigenvalue weighted by Crippen LogP contribution is -2.21. The molecule has 0 amide bonds. The first-order valence-electron chi connectivity index (χ1n) is 8.89. The number of carboxylic acid groups (broad SMARTS) is 1. The van der Waals surface area contributed by atoms with E-state index in [4.69, 9.17) is 15.2 Å². The van der Waals surface area contributed by atoms with Crippen LogP contribution in [0.5, 0.6) is 0 Å². The third-order valence-corrected chi connectivity index (χ3v) is 4.08. The van der Waals surface area contributed by atoms with Gasteiger partial charge in [-0.25, -0.2) is 9.78 Å². The monoisotopic (exact) mass is 432 g/mol. The zero-order valence-electron chi connectivity index (χ0n) is 15.7. The zero-order chi connectivity index (χ0) is 22.6. The van der Waals surface area contributed by atoms with E-state index in [1.54, 1.807) is 16.6 Å². The second-order valence-corrected chi connectivity index (χ2v) is 6.52. The number of aromatic nitrogens is 3. The minimum atomic E-state index is -5.08. The van der Waals surface area contributed by atoms with Crippen molar-refractivity contribution in [2.24, 2.45) is 0 Å². The van der Waals surface area contributed by atoms with Crippen LogP contribution in [0.25, 0.3) is 5.65 Å². The third-order valence-electron chi connectivity index (χ3n) is 4.08. The molecular weight excluding hydrogens is 417 g/mol. The van der Waals surface area contributed by atoms with Gasteiger partial charge in [-0.05, 0) is 37.1 Å². The number of carbonyl (C=O) groups is 2. The highest BCUT2D eigenvalue weighted by atomic mass is 19.4. The van der Waals surface area contributed by atoms with Gasteiger partial charge in [0.05, 0.1) is 23.4 Å². The van der Waals surface area contributed by atoms with Crippen LogP contribution in [0.4, 0.5) is 30.5 Å². The molecule has 160 valence electrons. The largest absolute Gasteiger partial charge is 0.490 e. The van der Waals surface area contributed by atoms with Gasteiger partial charge in [0.15, 0.2) is 11.9 Å². The van der Waals surface area contributed by atoms with Crippen molar-refractivity contribution in [3.63, 3.8) is 0 Å². The fraction of sp³-hybridized carbons (Fsp3) is 0.211. The van der Waals surface area contributed by atoms with Gasteiger partial charge in [0, 0.05) is 17.8 Å². The van der Waals surface area contributed by atoms with Gasteiger partial charge in [-0.1, -0.05) is 0 Å². The van der Waals surface area contributed by atoms with Gasteiger partial charge in [0.2, 0.25) is 0 Å². The van der Waals surface area contributed by atoms with E-state index < -0.39 is 12.1 Å². The summed E-state index contributed by atoms with van der Waals surface area (Å²) in [7, 11) is 0. The lowest BCUT2D eigenvalue weighted by Gasteiger charge is -2.11. The number of fused-ring (bicyclic) bond motifs is 1. The average molecular weight is 432 g/mol. The van der Waals surface area contributed by atoms with Crippen molar-refractivity contribution in [1.29, 1.82) is 5.26 Å². The number of hydrogen-bond donors (Lipinski definition) is 3. The fourth-order valence-electron chi connectivity index (χ4n) is 2.44. The zero-order valence-corrected chi connectivity index (χ0v) is 15.7. The molecule has 31 heavy (non-hydrogen) atoms. The van der Waals surface area contributed by atoms with E-state index >= 15 is 0 Å². The predicted molar refractivity (Wildman–Crippen MR) is 103 cm³/mol. The highest BCUT2D eigenvalue weighted by Gasteiger charge is 2.38. The molecule has 2 heterocycles. The molecule has 0 atom stereocenters. The number of aldehydes is 1. The Morgan fingerprint density at radius 1 is 1.29 bits per heavy atom. The van der Waals surface area contributed by atoms with Gasteiger partial charge >= 0.3 is 12.1 Å². The number of benzene rings is 1. The normalized spacial score (nSPS) is 13.0. The van der Waals surface area contributed by atoms with Gasteiger partial charge < -0.3 is 15.7 Å². The summed E-state index contributed by atoms with van der Waals surface area (Å²) >= 11 is 0. The predicted octanol–water partition coefficient (Wildman–Crippen LogP) is 3.36. The Morgan fingerprint density at radius 2 is 1.94 bits per heavy atom. The first kappa shape index (κ1) is 21.6. The lowest BCUT2D eigenvalue weighted by atomic mass is 10.2. The van der Waals surface area contributed by atoms with Crippen molar-refractivity contribution < 1.29 is 27.9 Å². The molecule has 3 aromatic rings. The van der Waals surface area contributed by atoms with E-state index in [-0.39, 0.29) is 0 Å². The number of hydrogen-bond acceptors (Lipinski definition) is 7. The highest BCUT2D eigenvalue weighted by Crippen LogP contribution is 2.27. The molecule has 0 saturated heterocycles. The van der Waals surface area contributed by atoms with Crippen molar-refractivity contribution >= 4 is 35.2 Å². The Labute approximate surface area is 173 Å². The maximum Gasteiger partial charge on any atom is 0.490 e. The molecule has 9 nitrogen and oxygen atoms in total. The number of nitriles is 1. The third kappa shape index (κ3) is 5.47. The molecule has 1 aromatic carbocycles. The summed E-state index contributed by atoms with van der Waals surface area (Å²) in [6, 6.07) is 11.5. The average Bonchev–Trinajstić information content (AvgIpc) is 3.44. The quantitative estimate of drug-likeness (QED) is 0.523. The van der Waals surface area contributed by atoms with Crippen LogP contribution in [-0.4, -0.2) is 44.2 Å². The summed E-state index contributed by atoms with van der Waals surface area (Å²) < 4.78 is 33.4. The van der Waals surface area contributed by atoms with Crippen LogP contribution in [0.1, 0.15) is 28.8 Å². The first-order chi connectivity index (χ1) is 14.7. The van der Waals surface area contributed by atoms with E-state index in [2.05, 4.69) is 26.8 Å². The summed E-state index contributed by atoms with van der Waals surface area (Å²) in [5, 5.41) is 26.8. The van der Waals surface area contributed by atoms with Gasteiger partial charge in [0.25, 0.3) is 0 Å². The molecule has 3 N–H and O–H groups in total. The number of rotatable bonds is 5. The number of halogens is 3. The van der Waals surface area contributed by atoms with Crippen LogP contribution in [0.3, 0.4) is 0 Å². The number of nitrogens with zero attached hydrogens (tertiary/aromatic N) is 4. The second kappa shape index (κ2) is 8.70. The molecule has 1 aliphatic rings. The molecule has 1 saturated carbocycles. The van der Waals surface area contributed by atoms with Crippen LogP contribution in [0, 0.1) is 11.3 Å². The van der Waals surface area contributed by atoms with E-state index in [9.17, 15) is 18.0 Å². The maximum atomic E-state index is 11.2. The van der Waals surface area contributed by atoms with Gasteiger partial charge in [0.1, 0.15) is 11.6 Å². The summed E-state index contributed by atoms with van der Waals surface area (Å²) in [5.41, 5.74) is 2.36. The Morgan fingerprint density at radius 3 is 2.45 bits per heavy atom. The number of nitrogens with one attached hydrogen (secondary N) is 2. The van der Waals surface area contributed by atoms with Crippen LogP contribution in [-0.2, 0) is 4.79 Å². The minimum absolute atomic E-state index is 0.442. The van der Waals surface area contributed by atoms with Gasteiger partial charge in [-0.15, -0.1) is 0 Å². The Hall–Kier alpha value is -4.14. The highest BCUT2D eigenvalue weighted by molar-refractivity contribution is 5.85. The Balaban J connectivity index is 0.000000339. The van der Waals surface area contributed by atoms with Crippen molar-refractivity contribution in [2.45, 2.75) is 25.1 Å². The fourth-order valence-corrected chi connectivity index (χ4v) is 2.44. The second-order valence-electron chi connectivity index (χ2n) is 6.52. The molecule has 0 aliphatic heterocycles. The molecule has 2 aromatic heterocycles.